The first-order chi connectivity index (χ1) is 16.5. The number of methoxy groups -OCH3 is 1. The Hall–Kier alpha value is -3.30. The number of ether oxygens (including phenoxy) is 1. The van der Waals surface area contributed by atoms with Crippen LogP contribution in [0.2, 0.25) is 0 Å². The van der Waals surface area contributed by atoms with Crippen LogP contribution < -0.4 is 10.9 Å². The van der Waals surface area contributed by atoms with Crippen LogP contribution in [0.15, 0.2) is 53.3 Å². The summed E-state index contributed by atoms with van der Waals surface area (Å²) in [5.41, 5.74) is 1.64. The van der Waals surface area contributed by atoms with Gasteiger partial charge in [-0.3, -0.25) is 19.0 Å². The molecule has 8 nitrogen and oxygen atoms in total. The predicted octanol–water partition coefficient (Wildman–Crippen LogP) is 3.19. The number of likely N-dealkylation sites (tertiary alicyclic amines) is 1. The van der Waals surface area contributed by atoms with Gasteiger partial charge >= 0.3 is 0 Å². The van der Waals surface area contributed by atoms with E-state index < -0.39 is 0 Å². The Morgan fingerprint density at radius 3 is 2.71 bits per heavy atom. The molecule has 1 unspecified atom stereocenters. The van der Waals surface area contributed by atoms with Crippen molar-refractivity contribution in [3.63, 3.8) is 0 Å². The van der Waals surface area contributed by atoms with Crippen molar-refractivity contribution in [2.24, 2.45) is 0 Å². The smallest absolute Gasteiger partial charge is 0.262 e. The zero-order valence-electron chi connectivity index (χ0n) is 19.1. The second-order valence-corrected chi connectivity index (χ2v) is 8.76. The number of H-pyrrole nitrogens is 1. The molecule has 1 saturated heterocycles. The highest BCUT2D eigenvalue weighted by Crippen LogP contribution is 2.20. The Labute approximate surface area is 202 Å². The molecule has 2 N–H and O–H groups in total. The highest BCUT2D eigenvalue weighted by atomic mass is 32.1. The number of nitrogens with zero attached hydrogens (tertiary/aromatic N) is 2. The summed E-state index contributed by atoms with van der Waals surface area (Å²) in [6.07, 6.45) is 2.05. The van der Waals surface area contributed by atoms with Crippen LogP contribution in [0.1, 0.15) is 41.2 Å². The Kier molecular flexibility index (Phi) is 7.54. The summed E-state index contributed by atoms with van der Waals surface area (Å²) in [5, 5.41) is 3.53. The molecule has 3 aromatic rings. The van der Waals surface area contributed by atoms with Crippen molar-refractivity contribution in [2.75, 3.05) is 26.8 Å². The van der Waals surface area contributed by atoms with Crippen LogP contribution in [0.4, 0.5) is 0 Å². The van der Waals surface area contributed by atoms with E-state index in [0.29, 0.717) is 60.3 Å². The van der Waals surface area contributed by atoms with E-state index in [0.717, 1.165) is 12.0 Å². The second kappa shape index (κ2) is 10.8. The Morgan fingerprint density at radius 2 is 2.00 bits per heavy atom. The lowest BCUT2D eigenvalue weighted by Gasteiger charge is -2.25. The van der Waals surface area contributed by atoms with E-state index in [9.17, 15) is 14.4 Å². The molecule has 2 heterocycles. The maximum atomic E-state index is 13.2. The number of carbonyl (C=O) groups excluding carboxylic acids is 2. The number of aromatic nitrogens is 2. The van der Waals surface area contributed by atoms with Crippen LogP contribution in [0.25, 0.3) is 10.9 Å². The van der Waals surface area contributed by atoms with Gasteiger partial charge in [-0.05, 0) is 48.8 Å². The fraction of sp³-hybridized carbons (Fsp3) is 0.360. The Bertz CT molecular complexity index is 1300. The topological polar surface area (TPSA) is 96.4 Å². The zero-order chi connectivity index (χ0) is 24.1. The molecule has 1 atom stereocenters. The number of hydrogen-bond donors (Lipinski definition) is 2. The van der Waals surface area contributed by atoms with Crippen molar-refractivity contribution in [3.05, 3.63) is 74.8 Å². The van der Waals surface area contributed by atoms with Crippen LogP contribution in [-0.4, -0.2) is 53.1 Å². The second-order valence-electron chi connectivity index (χ2n) is 8.37. The summed E-state index contributed by atoms with van der Waals surface area (Å²) in [7, 11) is 1.61. The molecule has 1 fully saturated rings. The van der Waals surface area contributed by atoms with Gasteiger partial charge in [0.25, 0.3) is 11.5 Å². The lowest BCUT2D eigenvalue weighted by Crippen LogP contribution is -2.38. The number of amides is 2. The third kappa shape index (κ3) is 5.26. The SMILES string of the molecule is COCCCn1c(=S)[nH]c2cc(C(=O)NC(CN3CCCC3=O)c3ccccc3)ccc2c1=O. The highest BCUT2D eigenvalue weighted by Gasteiger charge is 2.25. The molecule has 4 rings (SSSR count). The average molecular weight is 481 g/mol. The van der Waals surface area contributed by atoms with Gasteiger partial charge in [-0.25, -0.2) is 0 Å². The van der Waals surface area contributed by atoms with E-state index in [1.54, 1.807) is 30.2 Å². The number of nitrogens with one attached hydrogen (secondary N) is 2. The van der Waals surface area contributed by atoms with E-state index >= 15 is 0 Å². The van der Waals surface area contributed by atoms with E-state index in [1.807, 2.05) is 30.3 Å². The number of aromatic amines is 1. The van der Waals surface area contributed by atoms with Gasteiger partial charge in [0.15, 0.2) is 4.77 Å². The van der Waals surface area contributed by atoms with Gasteiger partial charge in [0.1, 0.15) is 0 Å². The summed E-state index contributed by atoms with van der Waals surface area (Å²) >= 11 is 5.38. The fourth-order valence-corrected chi connectivity index (χ4v) is 4.53. The summed E-state index contributed by atoms with van der Waals surface area (Å²) in [4.78, 5) is 43.1. The normalized spacial score (nSPS) is 14.5. The van der Waals surface area contributed by atoms with Crippen molar-refractivity contribution < 1.29 is 14.3 Å². The van der Waals surface area contributed by atoms with Gasteiger partial charge in [0.2, 0.25) is 5.91 Å². The first-order valence-corrected chi connectivity index (χ1v) is 11.8. The predicted molar refractivity (Wildman–Crippen MR) is 132 cm³/mol. The molecule has 2 aromatic carbocycles. The van der Waals surface area contributed by atoms with Crippen molar-refractivity contribution in [3.8, 4) is 0 Å². The summed E-state index contributed by atoms with van der Waals surface area (Å²) in [6.45, 7) is 2.09. The third-order valence-corrected chi connectivity index (χ3v) is 6.38. The van der Waals surface area contributed by atoms with Gasteiger partial charge in [-0.2, -0.15) is 0 Å². The molecule has 1 aliphatic rings. The molecule has 1 aromatic heterocycles. The lowest BCUT2D eigenvalue weighted by atomic mass is 10.1. The number of fused-ring (bicyclic) bond motifs is 1. The molecule has 0 spiro atoms. The first-order valence-electron chi connectivity index (χ1n) is 11.4. The lowest BCUT2D eigenvalue weighted by molar-refractivity contribution is -0.128. The van der Waals surface area contributed by atoms with Crippen molar-refractivity contribution >= 4 is 34.9 Å². The molecule has 0 bridgehead atoms. The van der Waals surface area contributed by atoms with Crippen LogP contribution >= 0.6 is 12.2 Å². The van der Waals surface area contributed by atoms with E-state index in [4.69, 9.17) is 17.0 Å². The Morgan fingerprint density at radius 1 is 1.21 bits per heavy atom. The molecule has 0 aliphatic carbocycles. The van der Waals surface area contributed by atoms with Crippen molar-refractivity contribution in [1.29, 1.82) is 0 Å². The molecule has 2 amide bonds. The van der Waals surface area contributed by atoms with Crippen LogP contribution in [0.3, 0.4) is 0 Å². The summed E-state index contributed by atoms with van der Waals surface area (Å²) < 4.78 is 6.87. The largest absolute Gasteiger partial charge is 0.385 e. The molecule has 0 saturated carbocycles. The third-order valence-electron chi connectivity index (χ3n) is 6.06. The monoisotopic (exact) mass is 480 g/mol. The average Bonchev–Trinajstić information content (AvgIpc) is 3.25. The van der Waals surface area contributed by atoms with Crippen molar-refractivity contribution in [1.82, 2.24) is 19.8 Å². The number of benzene rings is 2. The highest BCUT2D eigenvalue weighted by molar-refractivity contribution is 7.71. The van der Waals surface area contributed by atoms with E-state index in [-0.39, 0.29) is 23.4 Å². The molecular formula is C25H28N4O4S. The molecule has 0 radical (unpaired) electrons. The van der Waals surface area contributed by atoms with Crippen LogP contribution in [0.5, 0.6) is 0 Å². The number of carbonyl (C=O) groups is 2. The van der Waals surface area contributed by atoms with Gasteiger partial charge in [0.05, 0.1) is 16.9 Å². The Balaban J connectivity index is 1.59. The zero-order valence-corrected chi connectivity index (χ0v) is 19.9. The van der Waals surface area contributed by atoms with Crippen LogP contribution in [-0.2, 0) is 16.1 Å². The summed E-state index contributed by atoms with van der Waals surface area (Å²) in [5.74, 6) is -0.179. The minimum absolute atomic E-state index is 0.107. The number of rotatable bonds is 9. The molecule has 34 heavy (non-hydrogen) atoms. The maximum Gasteiger partial charge on any atom is 0.262 e. The molecule has 1 aliphatic heterocycles. The van der Waals surface area contributed by atoms with Gasteiger partial charge < -0.3 is 19.9 Å². The minimum Gasteiger partial charge on any atom is -0.385 e. The van der Waals surface area contributed by atoms with Crippen molar-refractivity contribution in [2.45, 2.75) is 31.8 Å². The van der Waals surface area contributed by atoms with Gasteiger partial charge in [-0.1, -0.05) is 30.3 Å². The standard InChI is InChI=1S/C25H28N4O4S/c1-33-14-6-13-29-24(32)19-11-10-18(15-20(19)27-25(29)34)23(31)26-21(17-7-3-2-4-8-17)16-28-12-5-9-22(28)30/h2-4,7-8,10-11,15,21H,5-6,9,12-14,16H2,1H3,(H,26,31)(H,27,34). The quantitative estimate of drug-likeness (QED) is 0.362. The van der Waals surface area contributed by atoms with E-state index in [2.05, 4.69) is 10.3 Å². The maximum absolute atomic E-state index is 13.2. The number of hydrogen-bond acceptors (Lipinski definition) is 5. The fourth-order valence-electron chi connectivity index (χ4n) is 4.24. The first kappa shape index (κ1) is 23.8. The molecule has 9 heteroatoms. The van der Waals surface area contributed by atoms with E-state index in [1.165, 1.54) is 4.57 Å². The summed E-state index contributed by atoms with van der Waals surface area (Å²) in [6, 6.07) is 14.2. The molecular weight excluding hydrogens is 452 g/mol. The minimum atomic E-state index is -0.348. The van der Waals surface area contributed by atoms with Gasteiger partial charge in [-0.15, -0.1) is 0 Å². The van der Waals surface area contributed by atoms with Crippen LogP contribution in [0, 0.1) is 4.77 Å². The molecule has 178 valence electrons. The van der Waals surface area contributed by atoms with Gasteiger partial charge in [0, 0.05) is 45.3 Å².